The van der Waals surface area contributed by atoms with Crippen LogP contribution < -0.4 is 10.2 Å². The van der Waals surface area contributed by atoms with E-state index in [-0.39, 0.29) is 6.61 Å². The quantitative estimate of drug-likeness (QED) is 0.525. The number of benzene rings is 2. The number of carbonyl (C=O) groups excluding carboxylic acids is 1. The first kappa shape index (κ1) is 18.5. The Labute approximate surface area is 158 Å². The molecule has 0 aliphatic carbocycles. The number of hydrogen-bond donors (Lipinski definition) is 1. The molecule has 0 aliphatic heterocycles. The SMILES string of the molecule is O=C(COc1ccc(Cl)cc1Cl)NN=CC(Br)=Cc1ccccc1. The molecule has 2 aromatic carbocycles. The van der Waals surface area contributed by atoms with Gasteiger partial charge in [0.2, 0.25) is 0 Å². The fourth-order valence-electron chi connectivity index (χ4n) is 1.68. The van der Waals surface area contributed by atoms with Crippen LogP contribution in [0.15, 0.2) is 58.1 Å². The Bertz CT molecular complexity index is 764. The highest BCUT2D eigenvalue weighted by atomic mass is 79.9. The number of hydrogen-bond acceptors (Lipinski definition) is 3. The second-order valence-electron chi connectivity index (χ2n) is 4.60. The smallest absolute Gasteiger partial charge is 0.277 e. The Kier molecular flexibility index (Phi) is 7.31. The number of rotatable bonds is 6. The molecule has 0 atom stereocenters. The van der Waals surface area contributed by atoms with Crippen molar-refractivity contribution >= 4 is 57.3 Å². The molecule has 0 spiro atoms. The lowest BCUT2D eigenvalue weighted by atomic mass is 10.2. The van der Waals surface area contributed by atoms with Gasteiger partial charge < -0.3 is 4.74 Å². The minimum absolute atomic E-state index is 0.210. The Hall–Kier alpha value is -1.82. The van der Waals surface area contributed by atoms with Crippen molar-refractivity contribution < 1.29 is 9.53 Å². The molecule has 0 saturated heterocycles. The van der Waals surface area contributed by atoms with Crippen molar-refractivity contribution in [2.45, 2.75) is 0 Å². The summed E-state index contributed by atoms with van der Waals surface area (Å²) in [5.74, 6) is -0.0253. The molecule has 0 unspecified atom stereocenters. The third-order valence-corrected chi connectivity index (χ3v) is 3.70. The van der Waals surface area contributed by atoms with Crippen LogP contribution in [0.4, 0.5) is 0 Å². The molecule has 1 amide bonds. The van der Waals surface area contributed by atoms with E-state index in [0.717, 1.165) is 10.0 Å². The normalized spacial score (nSPS) is 11.5. The van der Waals surface area contributed by atoms with E-state index in [1.54, 1.807) is 18.2 Å². The summed E-state index contributed by atoms with van der Waals surface area (Å²) in [5.41, 5.74) is 3.38. The molecule has 7 heteroatoms. The van der Waals surface area contributed by atoms with Crippen molar-refractivity contribution in [3.8, 4) is 5.75 Å². The van der Waals surface area contributed by atoms with E-state index in [4.69, 9.17) is 27.9 Å². The summed E-state index contributed by atoms with van der Waals surface area (Å²) in [4.78, 5) is 11.7. The number of carbonyl (C=O) groups is 1. The number of ether oxygens (including phenoxy) is 1. The molecular formula is C17H13BrCl2N2O2. The summed E-state index contributed by atoms with van der Waals surface area (Å²) in [7, 11) is 0. The van der Waals surface area contributed by atoms with Gasteiger partial charge in [0.05, 0.1) is 11.2 Å². The molecule has 0 aliphatic rings. The Balaban J connectivity index is 1.81. The molecule has 0 aromatic heterocycles. The van der Waals surface area contributed by atoms with Crippen molar-refractivity contribution in [2.75, 3.05) is 6.61 Å². The van der Waals surface area contributed by atoms with Crippen LogP contribution in [0.25, 0.3) is 6.08 Å². The molecule has 124 valence electrons. The van der Waals surface area contributed by atoms with Crippen LogP contribution in [-0.2, 0) is 4.79 Å². The second kappa shape index (κ2) is 9.47. The zero-order chi connectivity index (χ0) is 17.4. The van der Waals surface area contributed by atoms with Crippen molar-refractivity contribution in [1.29, 1.82) is 0 Å². The maximum absolute atomic E-state index is 11.7. The van der Waals surface area contributed by atoms with Crippen LogP contribution in [0.5, 0.6) is 5.75 Å². The summed E-state index contributed by atoms with van der Waals surface area (Å²) >= 11 is 15.1. The minimum Gasteiger partial charge on any atom is -0.482 e. The maximum atomic E-state index is 11.7. The Morgan fingerprint density at radius 2 is 1.96 bits per heavy atom. The number of hydrazone groups is 1. The monoisotopic (exact) mass is 426 g/mol. The van der Waals surface area contributed by atoms with Crippen molar-refractivity contribution in [2.24, 2.45) is 5.10 Å². The van der Waals surface area contributed by atoms with E-state index >= 15 is 0 Å². The first-order valence-corrected chi connectivity index (χ1v) is 8.41. The highest BCUT2D eigenvalue weighted by Crippen LogP contribution is 2.27. The van der Waals surface area contributed by atoms with Gasteiger partial charge in [0.25, 0.3) is 5.91 Å². The zero-order valence-corrected chi connectivity index (χ0v) is 15.5. The Morgan fingerprint density at radius 3 is 2.67 bits per heavy atom. The summed E-state index contributed by atoms with van der Waals surface area (Å²) < 4.78 is 6.02. The number of nitrogens with one attached hydrogen (secondary N) is 1. The average molecular weight is 428 g/mol. The fraction of sp³-hybridized carbons (Fsp3) is 0.0588. The van der Waals surface area contributed by atoms with Gasteiger partial charge in [-0.05, 0) is 45.8 Å². The first-order chi connectivity index (χ1) is 11.5. The zero-order valence-electron chi connectivity index (χ0n) is 12.4. The fourth-order valence-corrected chi connectivity index (χ4v) is 2.51. The van der Waals surface area contributed by atoms with E-state index in [1.807, 2.05) is 36.4 Å². The summed E-state index contributed by atoms with van der Waals surface area (Å²) in [6.07, 6.45) is 3.36. The molecule has 2 aromatic rings. The summed E-state index contributed by atoms with van der Waals surface area (Å²) in [6.45, 7) is -0.210. The van der Waals surface area contributed by atoms with Crippen molar-refractivity contribution in [3.63, 3.8) is 0 Å². The van der Waals surface area contributed by atoms with E-state index < -0.39 is 5.91 Å². The number of amides is 1. The molecule has 0 bridgehead atoms. The lowest BCUT2D eigenvalue weighted by Gasteiger charge is -2.06. The number of nitrogens with zero attached hydrogens (tertiary/aromatic N) is 1. The predicted molar refractivity (Wildman–Crippen MR) is 102 cm³/mol. The van der Waals surface area contributed by atoms with E-state index in [1.165, 1.54) is 6.21 Å². The van der Waals surface area contributed by atoms with Crippen LogP contribution in [0.2, 0.25) is 10.0 Å². The average Bonchev–Trinajstić information content (AvgIpc) is 2.55. The van der Waals surface area contributed by atoms with Gasteiger partial charge in [-0.3, -0.25) is 4.79 Å². The van der Waals surface area contributed by atoms with Gasteiger partial charge in [0, 0.05) is 9.51 Å². The third kappa shape index (κ3) is 6.35. The van der Waals surface area contributed by atoms with Gasteiger partial charge in [0.1, 0.15) is 5.75 Å². The van der Waals surface area contributed by atoms with Crippen LogP contribution in [0, 0.1) is 0 Å². The minimum atomic E-state index is -0.405. The molecule has 24 heavy (non-hydrogen) atoms. The van der Waals surface area contributed by atoms with Gasteiger partial charge in [-0.1, -0.05) is 53.5 Å². The van der Waals surface area contributed by atoms with Gasteiger partial charge in [-0.15, -0.1) is 0 Å². The molecular weight excluding hydrogens is 415 g/mol. The van der Waals surface area contributed by atoms with Gasteiger partial charge >= 0.3 is 0 Å². The molecule has 0 saturated carbocycles. The topological polar surface area (TPSA) is 50.7 Å². The molecule has 2 rings (SSSR count). The van der Waals surface area contributed by atoms with Crippen molar-refractivity contribution in [1.82, 2.24) is 5.43 Å². The van der Waals surface area contributed by atoms with Gasteiger partial charge in [-0.25, -0.2) is 5.43 Å². The van der Waals surface area contributed by atoms with Crippen LogP contribution >= 0.6 is 39.1 Å². The summed E-state index contributed by atoms with van der Waals surface area (Å²) in [6, 6.07) is 14.5. The van der Waals surface area contributed by atoms with E-state index in [0.29, 0.717) is 15.8 Å². The van der Waals surface area contributed by atoms with Gasteiger partial charge in [-0.2, -0.15) is 5.10 Å². The van der Waals surface area contributed by atoms with E-state index in [9.17, 15) is 4.79 Å². The van der Waals surface area contributed by atoms with Gasteiger partial charge in [0.15, 0.2) is 6.61 Å². The van der Waals surface area contributed by atoms with Crippen LogP contribution in [0.3, 0.4) is 0 Å². The van der Waals surface area contributed by atoms with Crippen molar-refractivity contribution in [3.05, 3.63) is 68.6 Å². The first-order valence-electron chi connectivity index (χ1n) is 6.86. The standard InChI is InChI=1S/C17H13BrCl2N2O2/c18-13(8-12-4-2-1-3-5-12)10-21-22-17(23)11-24-16-7-6-14(19)9-15(16)20/h1-10H,11H2,(H,22,23). The highest BCUT2D eigenvalue weighted by molar-refractivity contribution is 9.12. The predicted octanol–water partition coefficient (Wildman–Crippen LogP) is 4.91. The lowest BCUT2D eigenvalue weighted by molar-refractivity contribution is -0.123. The lowest BCUT2D eigenvalue weighted by Crippen LogP contribution is -2.24. The third-order valence-electron chi connectivity index (χ3n) is 2.73. The molecule has 0 heterocycles. The molecule has 0 radical (unpaired) electrons. The highest BCUT2D eigenvalue weighted by Gasteiger charge is 2.05. The van der Waals surface area contributed by atoms with Crippen LogP contribution in [0.1, 0.15) is 5.56 Å². The summed E-state index contributed by atoms with van der Waals surface area (Å²) in [5, 5.41) is 4.68. The van der Waals surface area contributed by atoms with Crippen LogP contribution in [-0.4, -0.2) is 18.7 Å². The maximum Gasteiger partial charge on any atom is 0.277 e. The van der Waals surface area contributed by atoms with E-state index in [2.05, 4.69) is 26.5 Å². The second-order valence-corrected chi connectivity index (χ2v) is 6.36. The molecule has 0 fully saturated rings. The molecule has 4 nitrogen and oxygen atoms in total. The number of halogens is 3. The molecule has 1 N–H and O–H groups in total. The number of allylic oxidation sites excluding steroid dienone is 1. The Morgan fingerprint density at radius 1 is 1.21 bits per heavy atom. The largest absolute Gasteiger partial charge is 0.482 e.